The summed E-state index contributed by atoms with van der Waals surface area (Å²) in [6, 6.07) is 38.9. The first-order valence-electron chi connectivity index (χ1n) is 19.8. The third-order valence-electron chi connectivity index (χ3n) is 10.1. The minimum atomic E-state index is -2.04. The first kappa shape index (κ1) is 44.3. The minimum absolute atomic E-state index is 0.0415. The maximum absolute atomic E-state index is 13.8. The van der Waals surface area contributed by atoms with Gasteiger partial charge in [0.2, 0.25) is 0 Å². The molecule has 7 rings (SSSR count). The molecule has 3 N–H and O–H groups in total. The molecular formula is C47H42O16. The summed E-state index contributed by atoms with van der Waals surface area (Å²) in [5, 5.41) is 34.5. The van der Waals surface area contributed by atoms with E-state index in [9.17, 15) is 39.3 Å². The van der Waals surface area contributed by atoms with Crippen molar-refractivity contribution in [3.8, 4) is 0 Å². The Labute approximate surface area is 360 Å². The van der Waals surface area contributed by atoms with Crippen molar-refractivity contribution in [1.82, 2.24) is 0 Å². The molecule has 0 radical (unpaired) electrons. The molecule has 0 bridgehead atoms. The SMILES string of the molecule is O=C(OCC1OC(OC2C(COC(=O)c3ccccc3)OC(O)C(OC(=O)c3ccccc3)C2OC(=O)c2ccccc2)C(OC(=O)c2ccccc2)C(O)C1O)c1ccccc1. The van der Waals surface area contributed by atoms with E-state index in [2.05, 4.69) is 0 Å². The zero-order valence-corrected chi connectivity index (χ0v) is 33.3. The molecule has 10 unspecified atom stereocenters. The number of carbonyl (C=O) groups is 5. The highest BCUT2D eigenvalue weighted by atomic mass is 16.8. The van der Waals surface area contributed by atoms with Crippen LogP contribution >= 0.6 is 0 Å². The van der Waals surface area contributed by atoms with Gasteiger partial charge in [-0.15, -0.1) is 0 Å². The van der Waals surface area contributed by atoms with E-state index in [1.165, 1.54) is 60.7 Å². The Morgan fingerprint density at radius 2 is 0.746 bits per heavy atom. The quantitative estimate of drug-likeness (QED) is 0.106. The lowest BCUT2D eigenvalue weighted by Crippen LogP contribution is -2.66. The summed E-state index contributed by atoms with van der Waals surface area (Å²) in [7, 11) is 0. The number of hydrogen-bond acceptors (Lipinski definition) is 16. The number of hydrogen-bond donors (Lipinski definition) is 3. The van der Waals surface area contributed by atoms with E-state index in [0.29, 0.717) is 0 Å². The molecule has 63 heavy (non-hydrogen) atoms. The van der Waals surface area contributed by atoms with E-state index in [1.54, 1.807) is 91.0 Å². The first-order valence-corrected chi connectivity index (χ1v) is 19.8. The molecule has 0 aromatic heterocycles. The van der Waals surface area contributed by atoms with Crippen LogP contribution in [0.5, 0.6) is 0 Å². The predicted octanol–water partition coefficient (Wildman–Crippen LogP) is 3.93. The normalized spacial score (nSPS) is 25.4. The number of rotatable bonds is 14. The number of ether oxygens (including phenoxy) is 8. The summed E-state index contributed by atoms with van der Waals surface area (Å²) in [5.41, 5.74) is 0.481. The Hall–Kier alpha value is -6.79. The van der Waals surface area contributed by atoms with E-state index in [4.69, 9.17) is 37.9 Å². The molecule has 326 valence electrons. The van der Waals surface area contributed by atoms with Crippen molar-refractivity contribution in [2.75, 3.05) is 13.2 Å². The highest BCUT2D eigenvalue weighted by Crippen LogP contribution is 2.34. The molecular weight excluding hydrogens is 821 g/mol. The topological polar surface area (TPSA) is 220 Å². The van der Waals surface area contributed by atoms with Crippen molar-refractivity contribution in [1.29, 1.82) is 0 Å². The number of aliphatic hydroxyl groups excluding tert-OH is 3. The van der Waals surface area contributed by atoms with Crippen molar-refractivity contribution in [2.24, 2.45) is 0 Å². The van der Waals surface area contributed by atoms with Gasteiger partial charge >= 0.3 is 29.8 Å². The highest BCUT2D eigenvalue weighted by Gasteiger charge is 2.55. The summed E-state index contributed by atoms with van der Waals surface area (Å²) in [6.07, 6.45) is -18.2. The van der Waals surface area contributed by atoms with Gasteiger partial charge in [-0.05, 0) is 60.7 Å². The van der Waals surface area contributed by atoms with Gasteiger partial charge < -0.3 is 53.2 Å². The summed E-state index contributed by atoms with van der Waals surface area (Å²) in [5.74, 6) is -4.50. The monoisotopic (exact) mass is 862 g/mol. The number of esters is 5. The van der Waals surface area contributed by atoms with Crippen LogP contribution in [0.4, 0.5) is 0 Å². The zero-order chi connectivity index (χ0) is 44.3. The molecule has 2 heterocycles. The lowest BCUT2D eigenvalue weighted by Gasteiger charge is -2.47. The van der Waals surface area contributed by atoms with Crippen molar-refractivity contribution in [3.63, 3.8) is 0 Å². The van der Waals surface area contributed by atoms with Crippen LogP contribution in [0, 0.1) is 0 Å². The third-order valence-corrected chi connectivity index (χ3v) is 10.1. The van der Waals surface area contributed by atoms with Gasteiger partial charge in [-0.1, -0.05) is 91.0 Å². The van der Waals surface area contributed by atoms with Gasteiger partial charge in [0.05, 0.1) is 27.8 Å². The van der Waals surface area contributed by atoms with Crippen LogP contribution < -0.4 is 0 Å². The standard InChI is InChI=1S/C47H42O16/c48-35-33(26-56-41(50)28-16-6-1-7-17-28)59-47(38(36(35)49)60-43(52)30-20-10-3-11-21-30)63-37-34(27-57-42(51)29-18-8-2-9-19-29)58-46(55)40(62-45(54)32-24-14-5-15-25-32)39(37)61-44(53)31-22-12-4-13-23-31/h1-25,33-40,46-49,55H,26-27H2. The molecule has 5 aromatic rings. The number of carbonyl (C=O) groups excluding carboxylic acids is 5. The molecule has 2 saturated heterocycles. The minimum Gasteiger partial charge on any atom is -0.459 e. The number of benzene rings is 5. The first-order chi connectivity index (χ1) is 30.6. The summed E-state index contributed by atoms with van der Waals surface area (Å²) in [6.45, 7) is -1.33. The van der Waals surface area contributed by atoms with Crippen molar-refractivity contribution < 1.29 is 77.2 Å². The van der Waals surface area contributed by atoms with E-state index in [0.717, 1.165) is 0 Å². The molecule has 0 spiro atoms. The van der Waals surface area contributed by atoms with E-state index < -0.39 is 104 Å². The second kappa shape index (κ2) is 20.9. The van der Waals surface area contributed by atoms with Gasteiger partial charge in [0.15, 0.2) is 30.9 Å². The van der Waals surface area contributed by atoms with Crippen LogP contribution in [-0.2, 0) is 37.9 Å². The molecule has 10 atom stereocenters. The van der Waals surface area contributed by atoms with Crippen LogP contribution in [0.15, 0.2) is 152 Å². The molecule has 16 nitrogen and oxygen atoms in total. The average molecular weight is 863 g/mol. The van der Waals surface area contributed by atoms with Gasteiger partial charge in [-0.3, -0.25) is 0 Å². The highest BCUT2D eigenvalue weighted by molar-refractivity contribution is 5.91. The van der Waals surface area contributed by atoms with Gasteiger partial charge in [0, 0.05) is 0 Å². The lowest BCUT2D eigenvalue weighted by molar-refractivity contribution is -0.353. The molecule has 5 aromatic carbocycles. The van der Waals surface area contributed by atoms with Gasteiger partial charge in [-0.2, -0.15) is 0 Å². The van der Waals surface area contributed by atoms with Gasteiger partial charge in [0.1, 0.15) is 43.7 Å². The van der Waals surface area contributed by atoms with Crippen LogP contribution in [0.2, 0.25) is 0 Å². The summed E-state index contributed by atoms with van der Waals surface area (Å²) >= 11 is 0. The Morgan fingerprint density at radius 1 is 0.397 bits per heavy atom. The maximum atomic E-state index is 13.8. The predicted molar refractivity (Wildman–Crippen MR) is 217 cm³/mol. The number of aliphatic hydroxyl groups is 3. The van der Waals surface area contributed by atoms with Crippen LogP contribution in [0.25, 0.3) is 0 Å². The third kappa shape index (κ3) is 11.0. The Bertz CT molecular complexity index is 2300. The van der Waals surface area contributed by atoms with Gasteiger partial charge in [0.25, 0.3) is 0 Å². The molecule has 2 aliphatic rings. The smallest absolute Gasteiger partial charge is 0.338 e. The molecule has 0 aliphatic carbocycles. The zero-order valence-electron chi connectivity index (χ0n) is 33.3. The second-order valence-electron chi connectivity index (χ2n) is 14.3. The fourth-order valence-electron chi connectivity index (χ4n) is 6.81. The fourth-order valence-corrected chi connectivity index (χ4v) is 6.81. The van der Waals surface area contributed by atoms with Crippen LogP contribution in [-0.4, -0.2) is 120 Å². The fraction of sp³-hybridized carbons (Fsp3) is 0.255. The summed E-state index contributed by atoms with van der Waals surface area (Å²) in [4.78, 5) is 67.1. The lowest BCUT2D eigenvalue weighted by atomic mass is 9.96. The molecule has 0 amide bonds. The van der Waals surface area contributed by atoms with E-state index in [-0.39, 0.29) is 27.8 Å². The van der Waals surface area contributed by atoms with Crippen LogP contribution in [0.1, 0.15) is 51.8 Å². The Kier molecular flexibility index (Phi) is 14.7. The molecule has 2 aliphatic heterocycles. The van der Waals surface area contributed by atoms with Crippen LogP contribution in [0.3, 0.4) is 0 Å². The van der Waals surface area contributed by atoms with Crippen molar-refractivity contribution in [3.05, 3.63) is 179 Å². The van der Waals surface area contributed by atoms with Crippen molar-refractivity contribution in [2.45, 2.75) is 61.4 Å². The second-order valence-corrected chi connectivity index (χ2v) is 14.3. The molecule has 2 fully saturated rings. The Morgan fingerprint density at radius 3 is 1.16 bits per heavy atom. The maximum Gasteiger partial charge on any atom is 0.338 e. The molecule has 16 heteroatoms. The van der Waals surface area contributed by atoms with Crippen molar-refractivity contribution >= 4 is 29.8 Å². The van der Waals surface area contributed by atoms with Gasteiger partial charge in [-0.25, -0.2) is 24.0 Å². The Balaban J connectivity index is 1.26. The van der Waals surface area contributed by atoms with E-state index in [1.807, 2.05) is 0 Å². The van der Waals surface area contributed by atoms with E-state index >= 15 is 0 Å². The largest absolute Gasteiger partial charge is 0.459 e. The average Bonchev–Trinajstić information content (AvgIpc) is 3.33. The molecule has 0 saturated carbocycles. The summed E-state index contributed by atoms with van der Waals surface area (Å²) < 4.78 is 47.1.